The summed E-state index contributed by atoms with van der Waals surface area (Å²) in [5.41, 5.74) is 0. The van der Waals surface area contributed by atoms with Crippen molar-refractivity contribution in [2.45, 2.75) is 63.5 Å². The summed E-state index contributed by atoms with van der Waals surface area (Å²) in [6.45, 7) is 11.0. The van der Waals surface area contributed by atoms with Gasteiger partial charge < -0.3 is 9.47 Å². The van der Waals surface area contributed by atoms with Gasteiger partial charge in [0.2, 0.25) is 0 Å². The second-order valence-corrected chi connectivity index (χ2v) is 8.88. The van der Waals surface area contributed by atoms with Crippen LogP contribution < -0.4 is 0 Å². The molecule has 18 heavy (non-hydrogen) atoms. The molecule has 1 heterocycles. The van der Waals surface area contributed by atoms with E-state index in [1.165, 1.54) is 25.3 Å². The Hall–Kier alpha value is -0.613. The second-order valence-electron chi connectivity index (χ2n) is 5.52. The van der Waals surface area contributed by atoms with Gasteiger partial charge in [-0.05, 0) is 39.0 Å². The summed E-state index contributed by atoms with van der Waals surface area (Å²) >= 11 is 0. The maximum Gasteiger partial charge on any atom is 0.330 e. The fourth-order valence-corrected chi connectivity index (χ4v) is 4.54. The van der Waals surface area contributed by atoms with E-state index >= 15 is 0 Å². The van der Waals surface area contributed by atoms with E-state index in [4.69, 9.17) is 9.47 Å². The topological polar surface area (TPSA) is 35.5 Å². The molecule has 3 nitrogen and oxygen atoms in total. The van der Waals surface area contributed by atoms with E-state index in [9.17, 15) is 4.79 Å². The first-order chi connectivity index (χ1) is 8.50. The first-order valence-corrected chi connectivity index (χ1v) is 9.86. The Morgan fingerprint density at radius 2 is 2.28 bits per heavy atom. The molecule has 1 aliphatic heterocycles. The van der Waals surface area contributed by atoms with Crippen molar-refractivity contribution in [3.8, 4) is 0 Å². The zero-order valence-corrected chi connectivity index (χ0v) is 13.1. The molecule has 1 fully saturated rings. The minimum Gasteiger partial charge on any atom is -0.460 e. The second kappa shape index (κ2) is 7.09. The van der Waals surface area contributed by atoms with E-state index in [1.807, 2.05) is 6.92 Å². The van der Waals surface area contributed by atoms with E-state index in [0.29, 0.717) is 0 Å². The summed E-state index contributed by atoms with van der Waals surface area (Å²) in [7, 11) is -0.872. The maximum atomic E-state index is 11.1. The lowest BCUT2D eigenvalue weighted by Gasteiger charge is -2.41. The number of hydrogen-bond donors (Lipinski definition) is 0. The van der Waals surface area contributed by atoms with Gasteiger partial charge in [-0.1, -0.05) is 19.7 Å². The molecule has 1 rings (SSSR count). The van der Waals surface area contributed by atoms with Crippen LogP contribution in [-0.4, -0.2) is 32.7 Å². The smallest absolute Gasteiger partial charge is 0.330 e. The Bertz CT molecular complexity index is 283. The summed E-state index contributed by atoms with van der Waals surface area (Å²) in [6.07, 6.45) is 6.70. The van der Waals surface area contributed by atoms with Gasteiger partial charge in [0.25, 0.3) is 0 Å². The molecule has 2 unspecified atom stereocenters. The lowest BCUT2D eigenvalue weighted by Crippen LogP contribution is -2.47. The van der Waals surface area contributed by atoms with Crippen molar-refractivity contribution in [3.63, 3.8) is 0 Å². The largest absolute Gasteiger partial charge is 0.460 e. The van der Waals surface area contributed by atoms with Gasteiger partial charge in [0.05, 0.1) is 20.1 Å². The standard InChI is InChI=1S/C14H26O3Si/c1-5-13(15)17-12(2)8-10-14(18(3)4)9-6-7-11-16-14/h5,12,18H,1,6-11H2,2-4H3. The normalized spacial score (nSPS) is 25.8. The lowest BCUT2D eigenvalue weighted by atomic mass is 10.0. The van der Waals surface area contributed by atoms with Crippen molar-refractivity contribution in [2.75, 3.05) is 6.61 Å². The molecule has 4 heteroatoms. The van der Waals surface area contributed by atoms with Crippen LogP contribution in [-0.2, 0) is 14.3 Å². The Balaban J connectivity index is 2.47. The third-order valence-electron chi connectivity index (χ3n) is 3.89. The number of rotatable bonds is 6. The summed E-state index contributed by atoms with van der Waals surface area (Å²) in [4.78, 5) is 11.1. The van der Waals surface area contributed by atoms with Crippen LogP contribution in [0.5, 0.6) is 0 Å². The van der Waals surface area contributed by atoms with Crippen LogP contribution in [0, 0.1) is 0 Å². The highest BCUT2D eigenvalue weighted by Crippen LogP contribution is 2.32. The molecule has 2 atom stereocenters. The maximum absolute atomic E-state index is 11.1. The van der Waals surface area contributed by atoms with Crippen molar-refractivity contribution < 1.29 is 14.3 Å². The van der Waals surface area contributed by atoms with Gasteiger partial charge in [0.15, 0.2) is 0 Å². The van der Waals surface area contributed by atoms with Gasteiger partial charge in [-0.3, -0.25) is 0 Å². The van der Waals surface area contributed by atoms with Crippen LogP contribution in [0.15, 0.2) is 12.7 Å². The Labute approximate surface area is 112 Å². The summed E-state index contributed by atoms with van der Waals surface area (Å²) in [5.74, 6) is -0.331. The molecule has 0 aromatic carbocycles. The number of carbonyl (C=O) groups is 1. The highest BCUT2D eigenvalue weighted by Gasteiger charge is 2.37. The molecule has 1 saturated heterocycles. The Morgan fingerprint density at radius 3 is 2.78 bits per heavy atom. The molecule has 1 aliphatic rings. The average molecular weight is 270 g/mol. The van der Waals surface area contributed by atoms with Crippen LogP contribution in [0.3, 0.4) is 0 Å². The van der Waals surface area contributed by atoms with Gasteiger partial charge in [-0.25, -0.2) is 4.79 Å². The van der Waals surface area contributed by atoms with E-state index in [2.05, 4.69) is 19.7 Å². The van der Waals surface area contributed by atoms with Crippen molar-refractivity contribution >= 4 is 14.8 Å². The Kier molecular flexibility index (Phi) is 6.09. The van der Waals surface area contributed by atoms with E-state index in [1.54, 1.807) is 0 Å². The monoisotopic (exact) mass is 270 g/mol. The highest BCUT2D eigenvalue weighted by molar-refractivity contribution is 6.59. The highest BCUT2D eigenvalue weighted by atomic mass is 28.3. The minimum atomic E-state index is -0.872. The van der Waals surface area contributed by atoms with Crippen LogP contribution >= 0.6 is 0 Å². The molecule has 104 valence electrons. The fraction of sp³-hybridized carbons (Fsp3) is 0.786. The van der Waals surface area contributed by atoms with Crippen LogP contribution in [0.4, 0.5) is 0 Å². The number of hydrogen-bond acceptors (Lipinski definition) is 3. The van der Waals surface area contributed by atoms with Gasteiger partial charge in [-0.2, -0.15) is 0 Å². The van der Waals surface area contributed by atoms with Gasteiger partial charge >= 0.3 is 5.97 Å². The SMILES string of the molecule is C=CC(=O)OC(C)CCC1([SiH](C)C)CCCCO1. The molecular weight excluding hydrogens is 244 g/mol. The number of ether oxygens (including phenoxy) is 2. The molecule has 0 aromatic rings. The summed E-state index contributed by atoms with van der Waals surface area (Å²) in [6, 6.07) is 0. The van der Waals surface area contributed by atoms with Crippen LogP contribution in [0.1, 0.15) is 39.0 Å². The van der Waals surface area contributed by atoms with Crippen LogP contribution in [0.25, 0.3) is 0 Å². The minimum absolute atomic E-state index is 0.0503. The van der Waals surface area contributed by atoms with E-state index < -0.39 is 8.80 Å². The first-order valence-electron chi connectivity index (χ1n) is 6.97. The lowest BCUT2D eigenvalue weighted by molar-refractivity contribution is -0.143. The Morgan fingerprint density at radius 1 is 1.56 bits per heavy atom. The van der Waals surface area contributed by atoms with Crippen molar-refractivity contribution in [1.29, 1.82) is 0 Å². The zero-order chi connectivity index (χ0) is 13.6. The van der Waals surface area contributed by atoms with E-state index in [0.717, 1.165) is 19.4 Å². The molecular formula is C14H26O3Si. The molecule has 0 saturated carbocycles. The number of carbonyl (C=O) groups excluding carboxylic acids is 1. The predicted molar refractivity (Wildman–Crippen MR) is 76.4 cm³/mol. The summed E-state index contributed by atoms with van der Waals surface area (Å²) in [5, 5.41) is 0.118. The van der Waals surface area contributed by atoms with Crippen molar-refractivity contribution in [2.24, 2.45) is 0 Å². The van der Waals surface area contributed by atoms with E-state index in [-0.39, 0.29) is 17.3 Å². The average Bonchev–Trinajstić information content (AvgIpc) is 2.37. The van der Waals surface area contributed by atoms with Gasteiger partial charge in [0, 0.05) is 12.7 Å². The number of esters is 1. The summed E-state index contributed by atoms with van der Waals surface area (Å²) < 4.78 is 11.3. The molecule has 0 N–H and O–H groups in total. The van der Waals surface area contributed by atoms with Crippen LogP contribution in [0.2, 0.25) is 13.1 Å². The molecule has 0 aromatic heterocycles. The first kappa shape index (κ1) is 15.4. The zero-order valence-electron chi connectivity index (χ0n) is 11.9. The molecule has 0 bridgehead atoms. The predicted octanol–water partition coefficient (Wildman–Crippen LogP) is 2.85. The molecule has 0 aliphatic carbocycles. The quantitative estimate of drug-likeness (QED) is 0.423. The van der Waals surface area contributed by atoms with Gasteiger partial charge in [-0.15, -0.1) is 0 Å². The van der Waals surface area contributed by atoms with Crippen molar-refractivity contribution in [1.82, 2.24) is 0 Å². The third-order valence-corrected chi connectivity index (χ3v) is 6.74. The molecule has 0 amide bonds. The third kappa shape index (κ3) is 4.25. The molecule has 0 spiro atoms. The van der Waals surface area contributed by atoms with Gasteiger partial charge in [0.1, 0.15) is 0 Å². The fourth-order valence-electron chi connectivity index (χ4n) is 2.57. The molecule has 0 radical (unpaired) electrons. The van der Waals surface area contributed by atoms with Crippen molar-refractivity contribution in [3.05, 3.63) is 12.7 Å².